The molecule has 1 aromatic carbocycles. The molecule has 0 bridgehead atoms. The fraction of sp³-hybridized carbons (Fsp3) is 0.400. The molecule has 1 atom stereocenters. The predicted molar refractivity (Wildman–Crippen MR) is 73.7 cm³/mol. The second-order valence-corrected chi connectivity index (χ2v) is 5.19. The number of aromatic nitrogens is 2. The molecular weight excluding hydrogens is 222 g/mol. The first-order valence-electron chi connectivity index (χ1n) is 6.63. The summed E-state index contributed by atoms with van der Waals surface area (Å²) in [5.41, 5.74) is 2.90. The monoisotopic (exact) mass is 241 g/mol. The molecule has 18 heavy (non-hydrogen) atoms. The highest BCUT2D eigenvalue weighted by Crippen LogP contribution is 2.33. The molecule has 3 rings (SSSR count). The lowest BCUT2D eigenvalue weighted by Gasteiger charge is -2.18. The van der Waals surface area contributed by atoms with Gasteiger partial charge in [-0.3, -0.25) is 0 Å². The van der Waals surface area contributed by atoms with Gasteiger partial charge in [0, 0.05) is 18.4 Å². The molecule has 1 N–H and O–H groups in total. The first-order chi connectivity index (χ1) is 8.75. The molecule has 3 nitrogen and oxygen atoms in total. The number of nitrogens with one attached hydrogen (secondary N) is 1. The van der Waals surface area contributed by atoms with Crippen LogP contribution in [0.25, 0.3) is 0 Å². The normalized spacial score (nSPS) is 18.1. The summed E-state index contributed by atoms with van der Waals surface area (Å²) in [5, 5.41) is 3.58. The molecule has 0 saturated carbocycles. The summed E-state index contributed by atoms with van der Waals surface area (Å²) in [4.78, 5) is 4.43. The predicted octanol–water partition coefficient (Wildman–Crippen LogP) is 3.56. The van der Waals surface area contributed by atoms with Crippen molar-refractivity contribution in [2.24, 2.45) is 0 Å². The zero-order chi connectivity index (χ0) is 12.5. The van der Waals surface area contributed by atoms with E-state index in [4.69, 9.17) is 0 Å². The summed E-state index contributed by atoms with van der Waals surface area (Å²) in [6, 6.07) is 9.53. The van der Waals surface area contributed by atoms with Gasteiger partial charge in [0.25, 0.3) is 0 Å². The number of nitrogens with zero attached hydrogens (tertiary/aromatic N) is 2. The van der Waals surface area contributed by atoms with Crippen molar-refractivity contribution in [2.75, 3.05) is 5.32 Å². The van der Waals surface area contributed by atoms with Gasteiger partial charge in [-0.1, -0.05) is 24.3 Å². The Bertz CT molecular complexity index is 542. The number of rotatable bonds is 3. The Morgan fingerprint density at radius 3 is 3.00 bits per heavy atom. The fourth-order valence-corrected chi connectivity index (χ4v) is 2.70. The van der Waals surface area contributed by atoms with Gasteiger partial charge in [-0.2, -0.15) is 0 Å². The van der Waals surface area contributed by atoms with Gasteiger partial charge in [0.2, 0.25) is 5.95 Å². The van der Waals surface area contributed by atoms with Crippen molar-refractivity contribution in [2.45, 2.75) is 38.8 Å². The first-order valence-corrected chi connectivity index (χ1v) is 6.63. The lowest BCUT2D eigenvalue weighted by atomic mass is 10.1. The number of benzene rings is 1. The van der Waals surface area contributed by atoms with Crippen molar-refractivity contribution in [1.82, 2.24) is 9.55 Å². The van der Waals surface area contributed by atoms with Crippen LogP contribution in [0.15, 0.2) is 36.7 Å². The standard InChI is InChI=1S/C15H19N3/c1-11(2)18-10-9-16-15(18)17-14-8-7-12-5-3-4-6-13(12)14/h3-6,9-11,14H,7-8H2,1-2H3,(H,16,17). The first kappa shape index (κ1) is 11.3. The molecule has 1 aliphatic carbocycles. The fourth-order valence-electron chi connectivity index (χ4n) is 2.70. The van der Waals surface area contributed by atoms with Crippen LogP contribution in [0, 0.1) is 0 Å². The van der Waals surface area contributed by atoms with Gasteiger partial charge in [0.05, 0.1) is 6.04 Å². The Balaban J connectivity index is 1.84. The zero-order valence-electron chi connectivity index (χ0n) is 10.9. The molecule has 0 saturated heterocycles. The molecule has 94 valence electrons. The van der Waals surface area contributed by atoms with Crippen molar-refractivity contribution < 1.29 is 0 Å². The molecule has 1 aromatic heterocycles. The van der Waals surface area contributed by atoms with E-state index in [1.54, 1.807) is 0 Å². The topological polar surface area (TPSA) is 29.9 Å². The van der Waals surface area contributed by atoms with Gasteiger partial charge in [-0.15, -0.1) is 0 Å². The smallest absolute Gasteiger partial charge is 0.203 e. The van der Waals surface area contributed by atoms with Gasteiger partial charge in [0.1, 0.15) is 0 Å². The third-order valence-corrected chi connectivity index (χ3v) is 3.66. The number of anilines is 1. The van der Waals surface area contributed by atoms with Crippen molar-refractivity contribution >= 4 is 5.95 Å². The Labute approximate surface area is 108 Å². The van der Waals surface area contributed by atoms with E-state index in [0.717, 1.165) is 18.8 Å². The van der Waals surface area contributed by atoms with Crippen LogP contribution in [0.2, 0.25) is 0 Å². The highest BCUT2D eigenvalue weighted by atomic mass is 15.2. The average molecular weight is 241 g/mol. The van der Waals surface area contributed by atoms with E-state index in [0.29, 0.717) is 12.1 Å². The molecule has 0 amide bonds. The minimum absolute atomic E-state index is 0.404. The summed E-state index contributed by atoms with van der Waals surface area (Å²) < 4.78 is 2.18. The zero-order valence-corrected chi connectivity index (χ0v) is 10.9. The van der Waals surface area contributed by atoms with Gasteiger partial charge in [0.15, 0.2) is 0 Å². The summed E-state index contributed by atoms with van der Waals surface area (Å²) in [7, 11) is 0. The van der Waals surface area contributed by atoms with Gasteiger partial charge in [-0.05, 0) is 37.8 Å². The van der Waals surface area contributed by atoms with Crippen molar-refractivity contribution in [3.05, 3.63) is 47.8 Å². The molecule has 0 radical (unpaired) electrons. The largest absolute Gasteiger partial charge is 0.349 e. The minimum atomic E-state index is 0.404. The van der Waals surface area contributed by atoms with E-state index in [9.17, 15) is 0 Å². The van der Waals surface area contributed by atoms with E-state index in [2.05, 4.69) is 53.0 Å². The van der Waals surface area contributed by atoms with E-state index >= 15 is 0 Å². The third kappa shape index (κ3) is 1.90. The molecule has 0 aliphatic heterocycles. The molecular formula is C15H19N3. The average Bonchev–Trinajstić information content (AvgIpc) is 2.97. The molecule has 2 aromatic rings. The van der Waals surface area contributed by atoms with Crippen molar-refractivity contribution in [3.63, 3.8) is 0 Å². The molecule has 1 aliphatic rings. The summed E-state index contributed by atoms with van der Waals surface area (Å²) in [6.07, 6.45) is 6.22. The Morgan fingerprint density at radius 2 is 2.17 bits per heavy atom. The maximum Gasteiger partial charge on any atom is 0.203 e. The second-order valence-electron chi connectivity index (χ2n) is 5.19. The third-order valence-electron chi connectivity index (χ3n) is 3.66. The molecule has 1 unspecified atom stereocenters. The Morgan fingerprint density at radius 1 is 1.33 bits per heavy atom. The highest BCUT2D eigenvalue weighted by Gasteiger charge is 2.23. The Hall–Kier alpha value is -1.77. The minimum Gasteiger partial charge on any atom is -0.349 e. The highest BCUT2D eigenvalue weighted by molar-refractivity contribution is 5.41. The van der Waals surface area contributed by atoms with Gasteiger partial charge < -0.3 is 9.88 Å². The summed E-state index contributed by atoms with van der Waals surface area (Å²) in [6.45, 7) is 4.35. The van der Waals surface area contributed by atoms with Crippen molar-refractivity contribution in [1.29, 1.82) is 0 Å². The molecule has 0 spiro atoms. The maximum absolute atomic E-state index is 4.43. The number of hydrogen-bond donors (Lipinski definition) is 1. The second kappa shape index (κ2) is 4.48. The van der Waals surface area contributed by atoms with E-state index < -0.39 is 0 Å². The van der Waals surface area contributed by atoms with E-state index in [1.807, 2.05) is 12.4 Å². The van der Waals surface area contributed by atoms with E-state index in [1.165, 1.54) is 11.1 Å². The van der Waals surface area contributed by atoms with E-state index in [-0.39, 0.29) is 0 Å². The van der Waals surface area contributed by atoms with Crippen LogP contribution in [0.5, 0.6) is 0 Å². The van der Waals surface area contributed by atoms with Crippen LogP contribution in [0.3, 0.4) is 0 Å². The number of hydrogen-bond acceptors (Lipinski definition) is 2. The number of imidazole rings is 1. The summed E-state index contributed by atoms with van der Waals surface area (Å²) >= 11 is 0. The number of fused-ring (bicyclic) bond motifs is 1. The van der Waals surface area contributed by atoms with Crippen LogP contribution in [-0.4, -0.2) is 9.55 Å². The lowest BCUT2D eigenvalue weighted by molar-refractivity contribution is 0.597. The van der Waals surface area contributed by atoms with Gasteiger partial charge in [-0.25, -0.2) is 4.98 Å². The molecule has 0 fully saturated rings. The molecule has 3 heteroatoms. The molecule has 1 heterocycles. The lowest BCUT2D eigenvalue weighted by Crippen LogP contribution is -2.13. The Kier molecular flexibility index (Phi) is 2.82. The van der Waals surface area contributed by atoms with Crippen molar-refractivity contribution in [3.8, 4) is 0 Å². The SMILES string of the molecule is CC(C)n1ccnc1NC1CCc2ccccc21. The maximum atomic E-state index is 4.43. The van der Waals surface area contributed by atoms with Crippen LogP contribution in [-0.2, 0) is 6.42 Å². The quantitative estimate of drug-likeness (QED) is 0.890. The number of aryl methyl sites for hydroxylation is 1. The van der Waals surface area contributed by atoms with Crippen LogP contribution >= 0.6 is 0 Å². The van der Waals surface area contributed by atoms with Crippen LogP contribution < -0.4 is 5.32 Å². The van der Waals surface area contributed by atoms with Crippen LogP contribution in [0.1, 0.15) is 43.5 Å². The van der Waals surface area contributed by atoms with Crippen LogP contribution in [0.4, 0.5) is 5.95 Å². The van der Waals surface area contributed by atoms with Gasteiger partial charge >= 0.3 is 0 Å². The summed E-state index contributed by atoms with van der Waals surface area (Å²) in [5.74, 6) is 0.978.